The van der Waals surface area contributed by atoms with Gasteiger partial charge in [-0.2, -0.15) is 0 Å². The number of rotatable bonds is 16. The highest BCUT2D eigenvalue weighted by molar-refractivity contribution is 8.02. The summed E-state index contributed by atoms with van der Waals surface area (Å²) in [5.74, 6) is -1.19. The molecule has 4 aliphatic rings. The highest BCUT2D eigenvalue weighted by Crippen LogP contribution is 2.35. The van der Waals surface area contributed by atoms with Crippen LogP contribution >= 0.6 is 23.5 Å². The minimum atomic E-state index is -3.80. The van der Waals surface area contributed by atoms with Crippen LogP contribution in [0.4, 0.5) is 0 Å². The van der Waals surface area contributed by atoms with E-state index in [1.165, 1.54) is 0 Å². The summed E-state index contributed by atoms with van der Waals surface area (Å²) in [5.41, 5.74) is -2.50. The summed E-state index contributed by atoms with van der Waals surface area (Å²) in [5, 5.41) is 142. The van der Waals surface area contributed by atoms with Crippen molar-refractivity contribution in [2.75, 3.05) is 49.4 Å². The van der Waals surface area contributed by atoms with Crippen LogP contribution in [-0.2, 0) is 38.3 Å². The molecule has 0 saturated carbocycles. The summed E-state index contributed by atoms with van der Waals surface area (Å²) in [6.45, 7) is -3.03. The molecule has 53 heavy (non-hydrogen) atoms. The van der Waals surface area contributed by atoms with E-state index in [0.29, 0.717) is 0 Å². The van der Waals surface area contributed by atoms with E-state index in [9.17, 15) is 79.9 Å². The zero-order valence-electron chi connectivity index (χ0n) is 28.0. The fraction of sp³-hybridized carbons (Fsp3) is 1.00. The van der Waals surface area contributed by atoms with Gasteiger partial charge in [0.05, 0.1) is 37.9 Å². The lowest BCUT2D eigenvalue weighted by atomic mass is 9.97. The topological polar surface area (TPSA) is 373 Å². The third kappa shape index (κ3) is 10.7. The smallest absolute Gasteiger partial charge is 0.187 e. The molecule has 312 valence electrons. The van der Waals surface area contributed by atoms with Crippen molar-refractivity contribution in [2.24, 2.45) is 0 Å². The number of aliphatic hydroxyl groups is 14. The zero-order valence-corrected chi connectivity index (χ0v) is 30.4. The van der Waals surface area contributed by atoms with E-state index in [1.807, 2.05) is 0 Å². The number of hydrogen-bond acceptors (Lipinski definition) is 24. The average Bonchev–Trinajstić information content (AvgIpc) is 3.13. The molecule has 22 nitrogen and oxygen atoms in total. The van der Waals surface area contributed by atoms with Crippen LogP contribution in [0, 0.1) is 0 Å². The number of aliphatic hydroxyl groups excluding tert-OH is 14. The van der Waals surface area contributed by atoms with E-state index < -0.39 is 169 Å². The van der Waals surface area contributed by atoms with Crippen molar-refractivity contribution in [1.82, 2.24) is 0 Å². The highest BCUT2D eigenvalue weighted by atomic mass is 32.2. The van der Waals surface area contributed by atoms with Gasteiger partial charge in [-0.15, -0.1) is 23.5 Å². The van der Waals surface area contributed by atoms with Crippen molar-refractivity contribution in [3.63, 3.8) is 0 Å². The van der Waals surface area contributed by atoms with Crippen molar-refractivity contribution < 1.29 is 108 Å². The van der Waals surface area contributed by atoms with Crippen LogP contribution in [0.5, 0.6) is 0 Å². The molecule has 0 unspecified atom stereocenters. The summed E-state index contributed by atoms with van der Waals surface area (Å²) in [4.78, 5) is 0. The summed E-state index contributed by atoms with van der Waals surface area (Å²) in [7, 11) is -3.80. The maximum atomic E-state index is 12.8. The van der Waals surface area contributed by atoms with Crippen LogP contribution < -0.4 is 0 Å². The Balaban J connectivity index is 1.24. The van der Waals surface area contributed by atoms with Gasteiger partial charge in [-0.1, -0.05) is 0 Å². The molecule has 4 rings (SSSR count). The predicted octanol–water partition coefficient (Wildman–Crippen LogP) is -8.88. The van der Waals surface area contributed by atoms with E-state index in [-0.39, 0.29) is 11.5 Å². The Hall–Kier alpha value is -0.150. The van der Waals surface area contributed by atoms with Crippen molar-refractivity contribution in [3.05, 3.63) is 0 Å². The first-order chi connectivity index (χ1) is 25.0. The molecule has 0 aromatic heterocycles. The Labute approximate surface area is 311 Å². The molecule has 0 radical (unpaired) electrons. The second-order valence-corrected chi connectivity index (χ2v) is 17.6. The lowest BCUT2D eigenvalue weighted by molar-refractivity contribution is -0.338. The van der Waals surface area contributed by atoms with Crippen molar-refractivity contribution in [3.8, 4) is 0 Å². The van der Waals surface area contributed by atoms with Gasteiger partial charge in [-0.3, -0.25) is 0 Å². The van der Waals surface area contributed by atoms with E-state index in [0.717, 1.165) is 23.5 Å². The largest absolute Gasteiger partial charge is 0.394 e. The Kier molecular flexibility index (Phi) is 17.2. The molecule has 0 aromatic rings. The number of sulfone groups is 1. The van der Waals surface area contributed by atoms with E-state index in [2.05, 4.69) is 0 Å². The number of hydrogen-bond donors (Lipinski definition) is 14. The van der Waals surface area contributed by atoms with Gasteiger partial charge in [-0.05, 0) is 0 Å². The van der Waals surface area contributed by atoms with Crippen LogP contribution in [0.25, 0.3) is 0 Å². The fourth-order valence-corrected chi connectivity index (χ4v) is 10.7. The van der Waals surface area contributed by atoms with Crippen LogP contribution in [0.1, 0.15) is 0 Å². The quantitative estimate of drug-likeness (QED) is 0.0686. The van der Waals surface area contributed by atoms with Crippen molar-refractivity contribution >= 4 is 33.4 Å². The molecule has 4 fully saturated rings. The summed E-state index contributed by atoms with van der Waals surface area (Å²) >= 11 is 1.62. The third-order valence-electron chi connectivity index (χ3n) is 9.27. The van der Waals surface area contributed by atoms with Crippen molar-refractivity contribution in [2.45, 2.75) is 121 Å². The summed E-state index contributed by atoms with van der Waals surface area (Å²) < 4.78 is 58.4. The van der Waals surface area contributed by atoms with Gasteiger partial charge in [0.1, 0.15) is 109 Å². The van der Waals surface area contributed by atoms with Gasteiger partial charge in [0.25, 0.3) is 0 Å². The van der Waals surface area contributed by atoms with Crippen LogP contribution in [0.15, 0.2) is 0 Å². The molecule has 0 aliphatic carbocycles. The van der Waals surface area contributed by atoms with Crippen LogP contribution in [0.3, 0.4) is 0 Å². The van der Waals surface area contributed by atoms with Gasteiger partial charge in [0.15, 0.2) is 22.4 Å². The van der Waals surface area contributed by atoms with Crippen molar-refractivity contribution in [1.29, 1.82) is 0 Å². The van der Waals surface area contributed by atoms with Gasteiger partial charge in [0.2, 0.25) is 0 Å². The third-order valence-corrected chi connectivity index (χ3v) is 13.8. The maximum absolute atomic E-state index is 12.8. The molecule has 0 spiro atoms. The summed E-state index contributed by atoms with van der Waals surface area (Å²) in [6.07, 6.45) is -29.3. The molecule has 0 amide bonds. The van der Waals surface area contributed by atoms with Gasteiger partial charge >= 0.3 is 0 Å². The molecule has 0 bridgehead atoms. The van der Waals surface area contributed by atoms with E-state index in [1.54, 1.807) is 0 Å². The summed E-state index contributed by atoms with van der Waals surface area (Å²) in [6, 6.07) is 0. The fourth-order valence-electron chi connectivity index (χ4n) is 6.07. The normalized spacial score (nSPS) is 47.1. The SMILES string of the molecule is O=S(=O)(CCS[C@@H]1O[C@H](CO)[C@@H](O[C@@H]2O[C@H](CO)[C@@H](O)[C@H](O)[C@H]2O)[C@H](O)[C@H]1O)CCS[C@@H]1O[C@H](CO)[C@@H](O[C@@H]2O[C@H](CO)[C@@H](O)[C@H](O)[C@H]2O)[C@H](O)[C@H]1O. The van der Waals surface area contributed by atoms with Crippen LogP contribution in [0.2, 0.25) is 0 Å². The lowest BCUT2D eigenvalue weighted by Gasteiger charge is -2.46. The molecule has 25 heteroatoms. The highest BCUT2D eigenvalue weighted by Gasteiger charge is 2.52. The average molecular weight is 835 g/mol. The maximum Gasteiger partial charge on any atom is 0.187 e. The predicted molar refractivity (Wildman–Crippen MR) is 176 cm³/mol. The molecule has 14 N–H and O–H groups in total. The van der Waals surface area contributed by atoms with Gasteiger partial charge < -0.3 is 99.9 Å². The molecule has 20 atom stereocenters. The van der Waals surface area contributed by atoms with Gasteiger partial charge in [0, 0.05) is 11.5 Å². The standard InChI is InChI=1S/C28H50O22S3/c29-5-9-13(33)15(35)19(39)25(45-9)49-23-11(7-31)47-27(21(41)17(23)37)51-1-3-53(43,44)4-2-52-28-22(42)18(38)24(12(8-32)48-28)50-26-20(40)16(36)14(34)10(6-30)46-26/h9-42H,1-8H2/t9-,10-,11-,12-,13-,14-,15+,16+,17-,18-,19-,20-,21-,22-,23-,24-,25+,26+,27+,28+/m1/s1. The Morgan fingerprint density at radius 3 is 1.09 bits per heavy atom. The van der Waals surface area contributed by atoms with E-state index >= 15 is 0 Å². The lowest BCUT2D eigenvalue weighted by Crippen LogP contribution is -2.64. The minimum absolute atomic E-state index is 0.150. The molecular weight excluding hydrogens is 784 g/mol. The first-order valence-corrected chi connectivity index (χ1v) is 20.5. The molecule has 4 heterocycles. The first-order valence-electron chi connectivity index (χ1n) is 16.6. The second kappa shape index (κ2) is 20.0. The van der Waals surface area contributed by atoms with E-state index in [4.69, 9.17) is 28.4 Å². The number of thioether (sulfide) groups is 2. The minimum Gasteiger partial charge on any atom is -0.394 e. The number of ether oxygens (including phenoxy) is 6. The Morgan fingerprint density at radius 1 is 0.434 bits per heavy atom. The van der Waals surface area contributed by atoms with Crippen LogP contribution in [-0.4, -0.2) is 250 Å². The monoisotopic (exact) mass is 834 g/mol. The first kappa shape index (κ1) is 45.6. The second-order valence-electron chi connectivity index (χ2n) is 12.9. The molecule has 4 aliphatic heterocycles. The zero-order chi connectivity index (χ0) is 39.4. The molecular formula is C28H50O22S3. The Bertz CT molecular complexity index is 1130. The molecule has 0 aromatic carbocycles. The Morgan fingerprint density at radius 2 is 0.774 bits per heavy atom. The molecule has 4 saturated heterocycles. The van der Waals surface area contributed by atoms with Gasteiger partial charge in [-0.25, -0.2) is 8.42 Å².